The molecule has 1 unspecified atom stereocenters. The molecule has 1 N–H and O–H groups in total. The molecule has 0 aliphatic carbocycles. The molecule has 1 rings (SSSR count). The summed E-state index contributed by atoms with van der Waals surface area (Å²) in [4.78, 5) is 14.6. The summed E-state index contributed by atoms with van der Waals surface area (Å²) in [5.74, 6) is -1.36. The van der Waals surface area contributed by atoms with E-state index in [1.807, 2.05) is 13.0 Å². The van der Waals surface area contributed by atoms with E-state index in [9.17, 15) is 4.79 Å². The molecule has 15 heavy (non-hydrogen) atoms. The van der Waals surface area contributed by atoms with E-state index in [2.05, 4.69) is 17.6 Å². The van der Waals surface area contributed by atoms with Gasteiger partial charge in [-0.2, -0.15) is 5.26 Å². The second-order valence-corrected chi connectivity index (χ2v) is 3.07. The number of aromatic nitrogens is 1. The number of nitrogens with zero attached hydrogens (tertiary/aromatic N) is 2. The maximum absolute atomic E-state index is 10.6. The first-order valence-electron chi connectivity index (χ1n) is 4.22. The lowest BCUT2D eigenvalue weighted by Gasteiger charge is -2.07. The zero-order valence-electron chi connectivity index (χ0n) is 8.51. The molecule has 1 aromatic rings. The summed E-state index contributed by atoms with van der Waals surface area (Å²) in [6.45, 7) is 3.50. The van der Waals surface area contributed by atoms with Crippen molar-refractivity contribution in [3.8, 4) is 5.40 Å². The lowest BCUT2D eigenvalue weighted by Crippen LogP contribution is -2.10. The van der Waals surface area contributed by atoms with Gasteiger partial charge in [0.1, 0.15) is 5.40 Å². The SMILES string of the molecule is Cc1cccnc1C(C)C(=O)O.N#CS. The van der Waals surface area contributed by atoms with Crippen LogP contribution in [0.2, 0.25) is 0 Å². The van der Waals surface area contributed by atoms with Gasteiger partial charge in [-0.15, -0.1) is 0 Å². The Labute approximate surface area is 94.0 Å². The van der Waals surface area contributed by atoms with Gasteiger partial charge >= 0.3 is 5.97 Å². The number of thiocyanates is 1. The topological polar surface area (TPSA) is 74.0 Å². The Morgan fingerprint density at radius 2 is 2.27 bits per heavy atom. The average molecular weight is 224 g/mol. The molecule has 0 aliphatic rings. The molecule has 4 nitrogen and oxygen atoms in total. The van der Waals surface area contributed by atoms with Gasteiger partial charge in [-0.05, 0) is 25.5 Å². The second kappa shape index (κ2) is 6.85. The van der Waals surface area contributed by atoms with Crippen LogP contribution >= 0.6 is 12.6 Å². The van der Waals surface area contributed by atoms with E-state index < -0.39 is 11.9 Å². The molecule has 1 heterocycles. The van der Waals surface area contributed by atoms with Crippen LogP contribution in [-0.2, 0) is 4.79 Å². The van der Waals surface area contributed by atoms with Gasteiger partial charge in [-0.25, -0.2) is 0 Å². The van der Waals surface area contributed by atoms with E-state index in [0.29, 0.717) is 5.69 Å². The molecule has 1 atom stereocenters. The lowest BCUT2D eigenvalue weighted by atomic mass is 10.0. The third kappa shape index (κ3) is 4.47. The van der Waals surface area contributed by atoms with Crippen molar-refractivity contribution in [3.63, 3.8) is 0 Å². The molecule has 5 heteroatoms. The highest BCUT2D eigenvalue weighted by atomic mass is 32.1. The highest BCUT2D eigenvalue weighted by Gasteiger charge is 2.16. The second-order valence-electron chi connectivity index (χ2n) is 2.87. The van der Waals surface area contributed by atoms with Gasteiger partial charge in [-0.1, -0.05) is 18.7 Å². The Kier molecular flexibility index (Phi) is 6.14. The third-order valence-corrected chi connectivity index (χ3v) is 1.83. The van der Waals surface area contributed by atoms with Gasteiger partial charge < -0.3 is 5.11 Å². The summed E-state index contributed by atoms with van der Waals surface area (Å²) < 4.78 is 0. The summed E-state index contributed by atoms with van der Waals surface area (Å²) in [7, 11) is 0. The molecular formula is C10H12N2O2S. The van der Waals surface area contributed by atoms with Crippen molar-refractivity contribution in [2.24, 2.45) is 0 Å². The van der Waals surface area contributed by atoms with Crippen LogP contribution in [0, 0.1) is 17.6 Å². The van der Waals surface area contributed by atoms with E-state index >= 15 is 0 Å². The zero-order valence-corrected chi connectivity index (χ0v) is 9.40. The van der Waals surface area contributed by atoms with Crippen molar-refractivity contribution < 1.29 is 9.90 Å². The minimum Gasteiger partial charge on any atom is -0.481 e. The Morgan fingerprint density at radius 3 is 2.67 bits per heavy atom. The standard InChI is InChI=1S/C9H11NO2.CHNS/c1-6-4-3-5-10-8(6)7(2)9(11)12;2-1-3/h3-5,7H,1-2H3,(H,11,12);3H. The normalized spacial score (nSPS) is 10.5. The van der Waals surface area contributed by atoms with Crippen molar-refractivity contribution in [2.45, 2.75) is 19.8 Å². The van der Waals surface area contributed by atoms with E-state index in [-0.39, 0.29) is 0 Å². The van der Waals surface area contributed by atoms with Crippen LogP contribution in [0.15, 0.2) is 18.3 Å². The molecular weight excluding hydrogens is 212 g/mol. The van der Waals surface area contributed by atoms with Crippen LogP contribution in [0.5, 0.6) is 0 Å². The number of aliphatic carboxylic acids is 1. The maximum Gasteiger partial charge on any atom is 0.312 e. The van der Waals surface area contributed by atoms with E-state index in [4.69, 9.17) is 10.4 Å². The summed E-state index contributed by atoms with van der Waals surface area (Å²) in [5.41, 5.74) is 1.57. The molecule has 1 aromatic heterocycles. The summed E-state index contributed by atoms with van der Waals surface area (Å²) in [6, 6.07) is 3.66. The quantitative estimate of drug-likeness (QED) is 0.595. The van der Waals surface area contributed by atoms with Crippen LogP contribution < -0.4 is 0 Å². The van der Waals surface area contributed by atoms with Gasteiger partial charge in [-0.3, -0.25) is 9.78 Å². The monoisotopic (exact) mass is 224 g/mol. The van der Waals surface area contributed by atoms with Gasteiger partial charge in [0.15, 0.2) is 0 Å². The number of aryl methyl sites for hydroxylation is 1. The van der Waals surface area contributed by atoms with Crippen LogP contribution in [0.1, 0.15) is 24.1 Å². The number of hydrogen-bond donors (Lipinski definition) is 2. The highest BCUT2D eigenvalue weighted by Crippen LogP contribution is 2.15. The van der Waals surface area contributed by atoms with Gasteiger partial charge in [0.05, 0.1) is 11.6 Å². The molecule has 80 valence electrons. The van der Waals surface area contributed by atoms with Gasteiger partial charge in [0, 0.05) is 6.20 Å². The molecule has 0 amide bonds. The maximum atomic E-state index is 10.6. The van der Waals surface area contributed by atoms with Crippen LogP contribution in [0.25, 0.3) is 0 Å². The zero-order chi connectivity index (χ0) is 11.8. The van der Waals surface area contributed by atoms with E-state index in [1.165, 1.54) is 5.40 Å². The van der Waals surface area contributed by atoms with Gasteiger partial charge in [0.25, 0.3) is 0 Å². The average Bonchev–Trinajstić information content (AvgIpc) is 2.18. The number of carboxylic acid groups (broad SMARTS) is 1. The van der Waals surface area contributed by atoms with Crippen molar-refractivity contribution in [3.05, 3.63) is 29.6 Å². The Bertz CT molecular complexity index is 374. The molecule has 0 aromatic carbocycles. The number of nitriles is 1. The minimum absolute atomic E-state index is 0.522. The number of rotatable bonds is 2. The molecule has 0 bridgehead atoms. The fraction of sp³-hybridized carbons (Fsp3) is 0.300. The van der Waals surface area contributed by atoms with E-state index in [0.717, 1.165) is 5.56 Å². The molecule has 0 spiro atoms. The fourth-order valence-electron chi connectivity index (χ4n) is 1.07. The molecule has 0 fully saturated rings. The highest BCUT2D eigenvalue weighted by molar-refractivity contribution is 7.85. The molecule has 0 saturated heterocycles. The summed E-state index contributed by atoms with van der Waals surface area (Å²) in [5, 5.41) is 17.3. The smallest absolute Gasteiger partial charge is 0.312 e. The fourth-order valence-corrected chi connectivity index (χ4v) is 1.07. The van der Waals surface area contributed by atoms with Crippen molar-refractivity contribution >= 4 is 18.6 Å². The first-order chi connectivity index (χ1) is 7.04. The van der Waals surface area contributed by atoms with Crippen LogP contribution in [-0.4, -0.2) is 16.1 Å². The number of carboxylic acids is 1. The predicted molar refractivity (Wildman–Crippen MR) is 59.6 cm³/mol. The van der Waals surface area contributed by atoms with Crippen molar-refractivity contribution in [2.75, 3.05) is 0 Å². The van der Waals surface area contributed by atoms with Crippen LogP contribution in [0.3, 0.4) is 0 Å². The molecule has 0 radical (unpaired) electrons. The Balaban J connectivity index is 0.000000583. The Morgan fingerprint density at radius 1 is 1.73 bits per heavy atom. The van der Waals surface area contributed by atoms with E-state index in [1.54, 1.807) is 19.2 Å². The summed E-state index contributed by atoms with van der Waals surface area (Å²) >= 11 is 3.09. The largest absolute Gasteiger partial charge is 0.481 e. The molecule has 0 aliphatic heterocycles. The van der Waals surface area contributed by atoms with Crippen molar-refractivity contribution in [1.82, 2.24) is 4.98 Å². The first-order valence-corrected chi connectivity index (χ1v) is 4.66. The Hall–Kier alpha value is -1.54. The van der Waals surface area contributed by atoms with Crippen LogP contribution in [0.4, 0.5) is 0 Å². The summed E-state index contributed by atoms with van der Waals surface area (Å²) in [6.07, 6.45) is 1.61. The number of hydrogen-bond acceptors (Lipinski definition) is 4. The lowest BCUT2D eigenvalue weighted by molar-refractivity contribution is -0.138. The first kappa shape index (κ1) is 13.5. The number of thiol groups is 1. The van der Waals surface area contributed by atoms with Crippen molar-refractivity contribution in [1.29, 1.82) is 5.26 Å². The number of carbonyl (C=O) groups is 1. The number of pyridine rings is 1. The molecule has 0 saturated carbocycles. The van der Waals surface area contributed by atoms with Gasteiger partial charge in [0.2, 0.25) is 0 Å². The minimum atomic E-state index is -0.836. The predicted octanol–water partition coefficient (Wildman–Crippen LogP) is 1.98. The third-order valence-electron chi connectivity index (χ3n) is 1.83.